The van der Waals surface area contributed by atoms with E-state index < -0.39 is 18.6 Å². The Morgan fingerprint density at radius 3 is 2.17 bits per heavy atom. The molecule has 0 aromatic rings. The number of likely N-dealkylation sites (N-methyl/N-ethyl adjacent to an activating group) is 1. The number of piperazine rings is 1. The van der Waals surface area contributed by atoms with Gasteiger partial charge in [0.1, 0.15) is 13.1 Å². The van der Waals surface area contributed by atoms with Gasteiger partial charge in [0.05, 0.1) is 6.54 Å². The Bertz CT molecular complexity index is 591. The SMILES string of the molecule is CCNC(=NCC(=O)N(C)CC(F)(F)F)N1CCN(CC(=O)N2CCCC2)CC1.I. The first-order chi connectivity index (χ1) is 13.7. The van der Waals surface area contributed by atoms with Crippen LogP contribution in [0.25, 0.3) is 0 Å². The molecule has 30 heavy (non-hydrogen) atoms. The Morgan fingerprint density at radius 2 is 1.63 bits per heavy atom. The second-order valence-electron chi connectivity index (χ2n) is 7.39. The van der Waals surface area contributed by atoms with Crippen molar-refractivity contribution in [2.75, 3.05) is 72.5 Å². The van der Waals surface area contributed by atoms with Gasteiger partial charge in [-0.15, -0.1) is 24.0 Å². The van der Waals surface area contributed by atoms with Gasteiger partial charge in [-0.2, -0.15) is 13.2 Å². The molecular formula is C18H32F3IN6O2. The predicted octanol–water partition coefficient (Wildman–Crippen LogP) is 0.831. The summed E-state index contributed by atoms with van der Waals surface area (Å²) in [6, 6.07) is 0. The number of hydrogen-bond acceptors (Lipinski definition) is 4. The molecule has 174 valence electrons. The van der Waals surface area contributed by atoms with Crippen molar-refractivity contribution in [3.05, 3.63) is 0 Å². The number of halogens is 4. The average molecular weight is 548 g/mol. The maximum atomic E-state index is 12.4. The van der Waals surface area contributed by atoms with Gasteiger partial charge < -0.3 is 20.0 Å². The standard InChI is InChI=1S/C18H31F3N6O2.HI/c1-3-22-17(23-12-15(28)24(2)14-18(19,20)21)27-10-8-25(9-11-27)13-16(29)26-6-4-5-7-26;/h3-14H2,1-2H3,(H,22,23);1H. The highest BCUT2D eigenvalue weighted by Gasteiger charge is 2.31. The molecule has 2 heterocycles. The molecule has 12 heteroatoms. The van der Waals surface area contributed by atoms with E-state index in [1.807, 2.05) is 16.7 Å². The summed E-state index contributed by atoms with van der Waals surface area (Å²) in [5.41, 5.74) is 0. The lowest BCUT2D eigenvalue weighted by Gasteiger charge is -2.36. The van der Waals surface area contributed by atoms with Crippen LogP contribution in [0.3, 0.4) is 0 Å². The molecule has 0 aromatic carbocycles. The van der Waals surface area contributed by atoms with E-state index in [9.17, 15) is 22.8 Å². The zero-order valence-electron chi connectivity index (χ0n) is 17.6. The lowest BCUT2D eigenvalue weighted by atomic mass is 10.3. The quantitative estimate of drug-likeness (QED) is 0.303. The number of carbonyl (C=O) groups is 2. The van der Waals surface area contributed by atoms with Gasteiger partial charge in [-0.1, -0.05) is 0 Å². The van der Waals surface area contributed by atoms with Crippen molar-refractivity contribution in [2.45, 2.75) is 25.9 Å². The van der Waals surface area contributed by atoms with Gasteiger partial charge in [-0.05, 0) is 19.8 Å². The molecule has 0 radical (unpaired) electrons. The monoisotopic (exact) mass is 548 g/mol. The Labute approximate surface area is 192 Å². The minimum atomic E-state index is -4.43. The number of amides is 2. The fourth-order valence-electron chi connectivity index (χ4n) is 3.42. The third-order valence-electron chi connectivity index (χ3n) is 5.03. The number of nitrogens with one attached hydrogen (secondary N) is 1. The van der Waals surface area contributed by atoms with Crippen LogP contribution in [0.2, 0.25) is 0 Å². The second kappa shape index (κ2) is 12.5. The van der Waals surface area contributed by atoms with E-state index in [0.717, 1.165) is 33.0 Å². The Kier molecular flexibility index (Phi) is 11.2. The molecular weight excluding hydrogens is 516 g/mol. The molecule has 0 atom stereocenters. The van der Waals surface area contributed by atoms with Crippen LogP contribution in [-0.4, -0.2) is 116 Å². The van der Waals surface area contributed by atoms with Crippen LogP contribution in [0.15, 0.2) is 4.99 Å². The Balaban J connectivity index is 0.00000450. The average Bonchev–Trinajstić information content (AvgIpc) is 3.19. The first-order valence-corrected chi connectivity index (χ1v) is 10.0. The normalized spacial score (nSPS) is 18.2. The molecule has 0 unspecified atom stereocenters. The van der Waals surface area contributed by atoms with Crippen LogP contribution in [0.1, 0.15) is 19.8 Å². The van der Waals surface area contributed by atoms with Gasteiger partial charge >= 0.3 is 6.18 Å². The number of aliphatic imine (C=N–C) groups is 1. The fourth-order valence-corrected chi connectivity index (χ4v) is 3.42. The molecule has 0 aliphatic carbocycles. The number of alkyl halides is 3. The van der Waals surface area contributed by atoms with Gasteiger partial charge in [0.15, 0.2) is 5.96 Å². The van der Waals surface area contributed by atoms with Crippen LogP contribution in [-0.2, 0) is 9.59 Å². The lowest BCUT2D eigenvalue weighted by Crippen LogP contribution is -2.54. The number of likely N-dealkylation sites (tertiary alicyclic amines) is 1. The molecule has 0 saturated carbocycles. The van der Waals surface area contributed by atoms with Crippen LogP contribution in [0, 0.1) is 0 Å². The van der Waals surface area contributed by atoms with E-state index in [2.05, 4.69) is 15.2 Å². The third kappa shape index (κ3) is 8.82. The minimum Gasteiger partial charge on any atom is -0.357 e. The van der Waals surface area contributed by atoms with Crippen molar-refractivity contribution in [1.82, 2.24) is 24.9 Å². The summed E-state index contributed by atoms with van der Waals surface area (Å²) in [6.07, 6.45) is -2.29. The van der Waals surface area contributed by atoms with E-state index in [4.69, 9.17) is 0 Å². The van der Waals surface area contributed by atoms with Crippen molar-refractivity contribution in [3.8, 4) is 0 Å². The van der Waals surface area contributed by atoms with Crippen molar-refractivity contribution in [1.29, 1.82) is 0 Å². The largest absolute Gasteiger partial charge is 0.406 e. The molecule has 0 spiro atoms. The minimum absolute atomic E-state index is 0. The molecule has 0 aromatic heterocycles. The van der Waals surface area contributed by atoms with Crippen LogP contribution in [0.4, 0.5) is 13.2 Å². The summed E-state index contributed by atoms with van der Waals surface area (Å²) in [5.74, 6) is -0.0193. The van der Waals surface area contributed by atoms with Crippen LogP contribution < -0.4 is 5.32 Å². The highest BCUT2D eigenvalue weighted by atomic mass is 127. The molecule has 2 aliphatic heterocycles. The molecule has 8 nitrogen and oxygen atoms in total. The predicted molar refractivity (Wildman–Crippen MR) is 119 cm³/mol. The van der Waals surface area contributed by atoms with E-state index in [1.165, 1.54) is 0 Å². The zero-order chi connectivity index (χ0) is 21.4. The third-order valence-corrected chi connectivity index (χ3v) is 5.03. The summed E-state index contributed by atoms with van der Waals surface area (Å²) in [4.78, 5) is 35.0. The van der Waals surface area contributed by atoms with Crippen LogP contribution in [0.5, 0.6) is 0 Å². The fraction of sp³-hybridized carbons (Fsp3) is 0.833. The van der Waals surface area contributed by atoms with Gasteiger partial charge in [-0.25, -0.2) is 4.99 Å². The van der Waals surface area contributed by atoms with Crippen molar-refractivity contribution < 1.29 is 22.8 Å². The summed E-state index contributed by atoms with van der Waals surface area (Å²) in [7, 11) is 1.12. The van der Waals surface area contributed by atoms with Crippen molar-refractivity contribution in [3.63, 3.8) is 0 Å². The summed E-state index contributed by atoms with van der Waals surface area (Å²) >= 11 is 0. The topological polar surface area (TPSA) is 71.5 Å². The first kappa shape index (κ1) is 26.7. The van der Waals surface area contributed by atoms with Crippen molar-refractivity contribution in [2.24, 2.45) is 4.99 Å². The molecule has 2 aliphatic rings. The lowest BCUT2D eigenvalue weighted by molar-refractivity contribution is -0.157. The number of carbonyl (C=O) groups excluding carboxylic acids is 2. The van der Waals surface area contributed by atoms with Gasteiger partial charge in [0.2, 0.25) is 11.8 Å². The van der Waals surface area contributed by atoms with E-state index >= 15 is 0 Å². The molecule has 2 amide bonds. The first-order valence-electron chi connectivity index (χ1n) is 10.0. The molecule has 2 rings (SSSR count). The van der Waals surface area contributed by atoms with E-state index in [0.29, 0.717) is 50.1 Å². The maximum Gasteiger partial charge on any atom is 0.406 e. The summed E-state index contributed by atoms with van der Waals surface area (Å²) in [5, 5.41) is 3.08. The second-order valence-corrected chi connectivity index (χ2v) is 7.39. The number of nitrogens with zero attached hydrogens (tertiary/aromatic N) is 5. The molecule has 0 bridgehead atoms. The summed E-state index contributed by atoms with van der Waals surface area (Å²) < 4.78 is 37.3. The number of rotatable bonds is 6. The van der Waals surface area contributed by atoms with Crippen molar-refractivity contribution >= 4 is 41.8 Å². The highest BCUT2D eigenvalue weighted by Crippen LogP contribution is 2.15. The van der Waals surface area contributed by atoms with Gasteiger partial charge in [0.25, 0.3) is 0 Å². The van der Waals surface area contributed by atoms with E-state index in [-0.39, 0.29) is 36.4 Å². The zero-order valence-corrected chi connectivity index (χ0v) is 19.9. The maximum absolute atomic E-state index is 12.4. The molecule has 1 N–H and O–H groups in total. The number of guanidine groups is 1. The highest BCUT2D eigenvalue weighted by molar-refractivity contribution is 14.0. The van der Waals surface area contributed by atoms with Crippen LogP contribution >= 0.6 is 24.0 Å². The van der Waals surface area contributed by atoms with E-state index in [1.54, 1.807) is 0 Å². The van der Waals surface area contributed by atoms with Gasteiger partial charge in [0, 0.05) is 52.9 Å². The Morgan fingerprint density at radius 1 is 1.03 bits per heavy atom. The smallest absolute Gasteiger partial charge is 0.357 e. The Hall–Kier alpha value is -1.31. The molecule has 2 fully saturated rings. The number of hydrogen-bond donors (Lipinski definition) is 1. The van der Waals surface area contributed by atoms with Gasteiger partial charge in [-0.3, -0.25) is 14.5 Å². The summed E-state index contributed by atoms with van der Waals surface area (Å²) in [6.45, 7) is 5.55. The molecule has 2 saturated heterocycles.